The Labute approximate surface area is 144 Å². The molecule has 4 rings (SSSR count). The largest absolute Gasteiger partial charge is 0.375 e. The first kappa shape index (κ1) is 15.9. The molecule has 7 heteroatoms. The fraction of sp³-hybridized carbons (Fsp3) is 0.824. The molecule has 24 heavy (non-hydrogen) atoms. The molecular formula is C17H28N6O. The Morgan fingerprint density at radius 2 is 1.29 bits per heavy atom. The van der Waals surface area contributed by atoms with Crippen LogP contribution in [0.1, 0.15) is 39.0 Å². The van der Waals surface area contributed by atoms with E-state index in [1.54, 1.807) is 0 Å². The van der Waals surface area contributed by atoms with Gasteiger partial charge in [0.05, 0.1) is 12.7 Å². The lowest BCUT2D eigenvalue weighted by atomic mass is 10.2. The van der Waals surface area contributed by atoms with Crippen LogP contribution in [0.3, 0.4) is 0 Å². The standard InChI is InChI=1S/C17H28N6O/c1-2-14-13-23(11-12-24-14)17-19-15(21-7-3-4-8-21)18-16(20-17)22-9-5-6-10-22/h14H,2-13H2,1H3. The van der Waals surface area contributed by atoms with Gasteiger partial charge in [-0.25, -0.2) is 0 Å². The summed E-state index contributed by atoms with van der Waals surface area (Å²) >= 11 is 0. The molecule has 1 aromatic heterocycles. The van der Waals surface area contributed by atoms with Crippen molar-refractivity contribution in [3.63, 3.8) is 0 Å². The highest BCUT2D eigenvalue weighted by Gasteiger charge is 2.26. The number of ether oxygens (including phenoxy) is 1. The third-order valence-corrected chi connectivity index (χ3v) is 5.25. The minimum absolute atomic E-state index is 0.279. The molecule has 1 atom stereocenters. The molecule has 0 N–H and O–H groups in total. The van der Waals surface area contributed by atoms with Crippen molar-refractivity contribution in [3.05, 3.63) is 0 Å². The van der Waals surface area contributed by atoms with E-state index in [4.69, 9.17) is 19.7 Å². The van der Waals surface area contributed by atoms with E-state index in [1.807, 2.05) is 0 Å². The van der Waals surface area contributed by atoms with Gasteiger partial charge in [-0.15, -0.1) is 0 Å². The molecule has 3 aliphatic rings. The zero-order chi connectivity index (χ0) is 16.4. The van der Waals surface area contributed by atoms with Gasteiger partial charge in [0.25, 0.3) is 0 Å². The number of hydrogen-bond donors (Lipinski definition) is 0. The first-order chi connectivity index (χ1) is 11.8. The normalized spacial score (nSPS) is 24.9. The van der Waals surface area contributed by atoms with Crippen LogP contribution < -0.4 is 14.7 Å². The highest BCUT2D eigenvalue weighted by Crippen LogP contribution is 2.25. The van der Waals surface area contributed by atoms with Crippen molar-refractivity contribution >= 4 is 17.8 Å². The monoisotopic (exact) mass is 332 g/mol. The summed E-state index contributed by atoms with van der Waals surface area (Å²) in [6, 6.07) is 0. The van der Waals surface area contributed by atoms with Crippen LogP contribution in [-0.4, -0.2) is 66.9 Å². The van der Waals surface area contributed by atoms with Crippen LogP contribution in [0.2, 0.25) is 0 Å². The summed E-state index contributed by atoms with van der Waals surface area (Å²) in [5, 5.41) is 0. The minimum Gasteiger partial charge on any atom is -0.375 e. The summed E-state index contributed by atoms with van der Waals surface area (Å²) < 4.78 is 5.81. The molecule has 0 radical (unpaired) electrons. The Bertz CT molecular complexity index is 522. The second-order valence-electron chi connectivity index (χ2n) is 6.97. The van der Waals surface area contributed by atoms with Gasteiger partial charge >= 0.3 is 0 Å². The molecule has 0 aliphatic carbocycles. The zero-order valence-electron chi connectivity index (χ0n) is 14.7. The van der Waals surface area contributed by atoms with Crippen LogP contribution in [0.15, 0.2) is 0 Å². The summed E-state index contributed by atoms with van der Waals surface area (Å²) in [7, 11) is 0. The average molecular weight is 332 g/mol. The number of rotatable bonds is 4. The van der Waals surface area contributed by atoms with Crippen LogP contribution in [0.25, 0.3) is 0 Å². The van der Waals surface area contributed by atoms with Gasteiger partial charge in [-0.2, -0.15) is 15.0 Å². The molecule has 3 fully saturated rings. The van der Waals surface area contributed by atoms with Crippen molar-refractivity contribution in [2.45, 2.75) is 45.1 Å². The number of nitrogens with zero attached hydrogens (tertiary/aromatic N) is 6. The number of morpholine rings is 1. The van der Waals surface area contributed by atoms with Gasteiger partial charge in [0.2, 0.25) is 17.8 Å². The fourth-order valence-electron chi connectivity index (χ4n) is 3.75. The SMILES string of the molecule is CCC1CN(c2nc(N3CCCC3)nc(N3CCCC3)n2)CCO1. The van der Waals surface area contributed by atoms with Crippen LogP contribution in [-0.2, 0) is 4.74 Å². The van der Waals surface area contributed by atoms with Gasteiger partial charge in [-0.1, -0.05) is 6.92 Å². The minimum atomic E-state index is 0.279. The maximum Gasteiger partial charge on any atom is 0.232 e. The molecule has 0 spiro atoms. The predicted molar refractivity (Wildman–Crippen MR) is 95.0 cm³/mol. The quantitative estimate of drug-likeness (QED) is 0.831. The van der Waals surface area contributed by atoms with Gasteiger partial charge in [-0.3, -0.25) is 0 Å². The molecule has 3 saturated heterocycles. The highest BCUT2D eigenvalue weighted by atomic mass is 16.5. The van der Waals surface area contributed by atoms with Crippen molar-refractivity contribution in [1.29, 1.82) is 0 Å². The maximum atomic E-state index is 5.81. The van der Waals surface area contributed by atoms with E-state index in [-0.39, 0.29) is 6.10 Å². The van der Waals surface area contributed by atoms with Crippen LogP contribution >= 0.6 is 0 Å². The van der Waals surface area contributed by atoms with E-state index in [2.05, 4.69) is 21.6 Å². The van der Waals surface area contributed by atoms with E-state index in [0.717, 1.165) is 70.1 Å². The van der Waals surface area contributed by atoms with E-state index >= 15 is 0 Å². The number of anilines is 3. The second-order valence-corrected chi connectivity index (χ2v) is 6.97. The topological polar surface area (TPSA) is 57.6 Å². The van der Waals surface area contributed by atoms with Crippen molar-refractivity contribution in [3.8, 4) is 0 Å². The Kier molecular flexibility index (Phi) is 4.69. The van der Waals surface area contributed by atoms with E-state index in [9.17, 15) is 0 Å². The molecule has 1 aromatic rings. The molecule has 132 valence electrons. The summed E-state index contributed by atoms with van der Waals surface area (Å²) in [6.45, 7) is 8.90. The third-order valence-electron chi connectivity index (χ3n) is 5.25. The van der Waals surface area contributed by atoms with Gasteiger partial charge in [0.15, 0.2) is 0 Å². The average Bonchev–Trinajstić information content (AvgIpc) is 3.35. The van der Waals surface area contributed by atoms with E-state index < -0.39 is 0 Å². The van der Waals surface area contributed by atoms with Crippen LogP contribution in [0.4, 0.5) is 17.8 Å². The Morgan fingerprint density at radius 3 is 1.79 bits per heavy atom. The van der Waals surface area contributed by atoms with E-state index in [0.29, 0.717) is 0 Å². The third kappa shape index (κ3) is 3.27. The number of hydrogen-bond acceptors (Lipinski definition) is 7. The number of aromatic nitrogens is 3. The Hall–Kier alpha value is -1.63. The molecule has 7 nitrogen and oxygen atoms in total. The first-order valence-corrected chi connectivity index (χ1v) is 9.46. The van der Waals surface area contributed by atoms with Gasteiger partial charge < -0.3 is 19.4 Å². The van der Waals surface area contributed by atoms with Crippen LogP contribution in [0.5, 0.6) is 0 Å². The summed E-state index contributed by atoms with van der Waals surface area (Å²) in [4.78, 5) is 21.3. The maximum absolute atomic E-state index is 5.81. The summed E-state index contributed by atoms with van der Waals surface area (Å²) in [6.07, 6.45) is 6.23. The Morgan fingerprint density at radius 1 is 0.792 bits per heavy atom. The fourth-order valence-corrected chi connectivity index (χ4v) is 3.75. The Balaban J connectivity index is 1.63. The highest BCUT2D eigenvalue weighted by molar-refractivity contribution is 5.47. The van der Waals surface area contributed by atoms with Crippen molar-refractivity contribution in [2.24, 2.45) is 0 Å². The lowest BCUT2D eigenvalue weighted by Crippen LogP contribution is -2.43. The molecule has 0 saturated carbocycles. The van der Waals surface area contributed by atoms with Gasteiger partial charge in [0.1, 0.15) is 0 Å². The molecule has 4 heterocycles. The van der Waals surface area contributed by atoms with Crippen molar-refractivity contribution < 1.29 is 4.74 Å². The molecule has 0 aromatic carbocycles. The van der Waals surface area contributed by atoms with Crippen LogP contribution in [0, 0.1) is 0 Å². The molecule has 3 aliphatic heterocycles. The molecule has 0 bridgehead atoms. The summed E-state index contributed by atoms with van der Waals surface area (Å²) in [5.41, 5.74) is 0. The first-order valence-electron chi connectivity index (χ1n) is 9.46. The second kappa shape index (κ2) is 7.09. The molecule has 1 unspecified atom stereocenters. The lowest BCUT2D eigenvalue weighted by molar-refractivity contribution is 0.0379. The van der Waals surface area contributed by atoms with Gasteiger partial charge in [0, 0.05) is 39.3 Å². The van der Waals surface area contributed by atoms with Crippen molar-refractivity contribution in [1.82, 2.24) is 15.0 Å². The van der Waals surface area contributed by atoms with Gasteiger partial charge in [-0.05, 0) is 32.1 Å². The summed E-state index contributed by atoms with van der Waals surface area (Å²) in [5.74, 6) is 2.55. The zero-order valence-corrected chi connectivity index (χ0v) is 14.7. The van der Waals surface area contributed by atoms with E-state index in [1.165, 1.54) is 25.7 Å². The molecule has 0 amide bonds. The predicted octanol–water partition coefficient (Wildman–Crippen LogP) is 1.69. The van der Waals surface area contributed by atoms with Crippen molar-refractivity contribution in [2.75, 3.05) is 60.6 Å². The molecular weight excluding hydrogens is 304 g/mol. The lowest BCUT2D eigenvalue weighted by Gasteiger charge is -2.33. The smallest absolute Gasteiger partial charge is 0.232 e.